The first kappa shape index (κ1) is 12.5. The van der Waals surface area contributed by atoms with Crippen LogP contribution in [0.15, 0.2) is 36.7 Å². The summed E-state index contributed by atoms with van der Waals surface area (Å²) >= 11 is 0. The molecule has 1 fully saturated rings. The Morgan fingerprint density at radius 3 is 2.74 bits per heavy atom. The van der Waals surface area contributed by atoms with Gasteiger partial charge in [-0.25, -0.2) is 0 Å². The Bertz CT molecular complexity index is 522. The standard InChI is InChI=1S/C17H22N2/c1-2-4-7-14(6-3-1)12-19-17-9-5-8-15-13-18-11-10-16(15)17/h5,8-11,13-14,19H,1-4,6-7,12H2. The molecule has 2 nitrogen and oxygen atoms in total. The molecule has 0 bridgehead atoms. The molecule has 0 amide bonds. The van der Waals surface area contributed by atoms with Gasteiger partial charge in [0.25, 0.3) is 0 Å². The molecule has 0 aliphatic heterocycles. The molecule has 1 heterocycles. The van der Waals surface area contributed by atoms with Crippen molar-refractivity contribution in [2.45, 2.75) is 38.5 Å². The third-order valence-electron chi connectivity index (χ3n) is 4.24. The second-order valence-electron chi connectivity index (χ2n) is 5.64. The topological polar surface area (TPSA) is 24.9 Å². The summed E-state index contributed by atoms with van der Waals surface area (Å²) in [6.45, 7) is 1.11. The summed E-state index contributed by atoms with van der Waals surface area (Å²) in [5.74, 6) is 0.847. The Kier molecular flexibility index (Phi) is 3.97. The molecule has 0 unspecified atom stereocenters. The van der Waals surface area contributed by atoms with Crippen LogP contribution < -0.4 is 5.32 Å². The molecule has 1 N–H and O–H groups in total. The summed E-state index contributed by atoms with van der Waals surface area (Å²) in [6.07, 6.45) is 12.3. The maximum atomic E-state index is 4.19. The number of anilines is 1. The first-order chi connectivity index (χ1) is 9.43. The Morgan fingerprint density at radius 2 is 1.89 bits per heavy atom. The fourth-order valence-electron chi connectivity index (χ4n) is 3.10. The Balaban J connectivity index is 1.71. The Hall–Kier alpha value is -1.57. The van der Waals surface area contributed by atoms with Crippen LogP contribution in [-0.4, -0.2) is 11.5 Å². The van der Waals surface area contributed by atoms with Gasteiger partial charge in [-0.3, -0.25) is 4.98 Å². The molecule has 0 spiro atoms. The van der Waals surface area contributed by atoms with Gasteiger partial charge in [0, 0.05) is 35.4 Å². The molecule has 0 atom stereocenters. The Morgan fingerprint density at radius 1 is 1.05 bits per heavy atom. The van der Waals surface area contributed by atoms with Crippen LogP contribution >= 0.6 is 0 Å². The van der Waals surface area contributed by atoms with Crippen LogP contribution in [-0.2, 0) is 0 Å². The molecule has 100 valence electrons. The second-order valence-corrected chi connectivity index (χ2v) is 5.64. The van der Waals surface area contributed by atoms with Gasteiger partial charge in [-0.2, -0.15) is 0 Å². The van der Waals surface area contributed by atoms with E-state index in [4.69, 9.17) is 0 Å². The van der Waals surface area contributed by atoms with Crippen molar-refractivity contribution < 1.29 is 0 Å². The van der Waals surface area contributed by atoms with Gasteiger partial charge in [-0.15, -0.1) is 0 Å². The van der Waals surface area contributed by atoms with Gasteiger partial charge >= 0.3 is 0 Å². The van der Waals surface area contributed by atoms with E-state index in [1.807, 2.05) is 12.4 Å². The maximum Gasteiger partial charge on any atom is 0.0421 e. The molecule has 1 aromatic carbocycles. The van der Waals surface area contributed by atoms with Crippen molar-refractivity contribution in [3.63, 3.8) is 0 Å². The summed E-state index contributed by atoms with van der Waals surface area (Å²) in [6, 6.07) is 8.52. The van der Waals surface area contributed by atoms with E-state index in [0.29, 0.717) is 0 Å². The first-order valence-electron chi connectivity index (χ1n) is 7.50. The van der Waals surface area contributed by atoms with Crippen molar-refractivity contribution in [1.29, 1.82) is 0 Å². The third kappa shape index (κ3) is 3.06. The van der Waals surface area contributed by atoms with Gasteiger partial charge < -0.3 is 5.32 Å². The lowest BCUT2D eigenvalue weighted by atomic mass is 10.00. The van der Waals surface area contributed by atoms with E-state index in [0.717, 1.165) is 12.5 Å². The fraction of sp³-hybridized carbons (Fsp3) is 0.471. The van der Waals surface area contributed by atoms with Gasteiger partial charge in [0.1, 0.15) is 0 Å². The number of nitrogens with zero attached hydrogens (tertiary/aromatic N) is 1. The minimum atomic E-state index is 0.847. The predicted octanol–water partition coefficient (Wildman–Crippen LogP) is 4.62. The van der Waals surface area contributed by atoms with E-state index in [-0.39, 0.29) is 0 Å². The van der Waals surface area contributed by atoms with Crippen molar-refractivity contribution in [2.75, 3.05) is 11.9 Å². The highest BCUT2D eigenvalue weighted by Crippen LogP contribution is 2.26. The molecule has 19 heavy (non-hydrogen) atoms. The van der Waals surface area contributed by atoms with Crippen LogP contribution in [0.25, 0.3) is 10.8 Å². The van der Waals surface area contributed by atoms with E-state index in [1.54, 1.807) is 0 Å². The summed E-state index contributed by atoms with van der Waals surface area (Å²) < 4.78 is 0. The number of rotatable bonds is 3. The van der Waals surface area contributed by atoms with Crippen molar-refractivity contribution in [1.82, 2.24) is 4.98 Å². The normalized spacial score (nSPS) is 17.3. The quantitative estimate of drug-likeness (QED) is 0.809. The molecule has 1 saturated carbocycles. The van der Waals surface area contributed by atoms with E-state index >= 15 is 0 Å². The molecule has 0 radical (unpaired) electrons. The molecule has 2 heteroatoms. The van der Waals surface area contributed by atoms with Crippen LogP contribution in [0, 0.1) is 5.92 Å². The van der Waals surface area contributed by atoms with E-state index < -0.39 is 0 Å². The maximum absolute atomic E-state index is 4.19. The zero-order valence-corrected chi connectivity index (χ0v) is 11.4. The molecule has 1 aliphatic carbocycles. The lowest BCUT2D eigenvalue weighted by molar-refractivity contribution is 0.483. The van der Waals surface area contributed by atoms with Gasteiger partial charge in [0.2, 0.25) is 0 Å². The lowest BCUT2D eigenvalue weighted by Gasteiger charge is -2.16. The summed E-state index contributed by atoms with van der Waals surface area (Å²) in [4.78, 5) is 4.19. The monoisotopic (exact) mass is 254 g/mol. The zero-order valence-electron chi connectivity index (χ0n) is 11.4. The average molecular weight is 254 g/mol. The highest BCUT2D eigenvalue weighted by molar-refractivity contribution is 5.93. The highest BCUT2D eigenvalue weighted by atomic mass is 14.9. The van der Waals surface area contributed by atoms with Gasteiger partial charge in [0.05, 0.1) is 0 Å². The van der Waals surface area contributed by atoms with Crippen molar-refractivity contribution in [3.8, 4) is 0 Å². The summed E-state index contributed by atoms with van der Waals surface area (Å²) in [5, 5.41) is 6.16. The number of pyridine rings is 1. The molecule has 1 aromatic heterocycles. The molecular weight excluding hydrogens is 232 g/mol. The minimum absolute atomic E-state index is 0.847. The molecular formula is C17H22N2. The van der Waals surface area contributed by atoms with Crippen LogP contribution in [0.5, 0.6) is 0 Å². The van der Waals surface area contributed by atoms with Crippen LogP contribution in [0.4, 0.5) is 5.69 Å². The van der Waals surface area contributed by atoms with Crippen molar-refractivity contribution >= 4 is 16.5 Å². The summed E-state index contributed by atoms with van der Waals surface area (Å²) in [7, 11) is 0. The Labute approximate surface area is 115 Å². The van der Waals surface area contributed by atoms with Gasteiger partial charge in [0.15, 0.2) is 0 Å². The van der Waals surface area contributed by atoms with Crippen LogP contribution in [0.2, 0.25) is 0 Å². The minimum Gasteiger partial charge on any atom is -0.384 e. The fourth-order valence-corrected chi connectivity index (χ4v) is 3.10. The molecule has 1 aliphatic rings. The molecule has 2 aromatic rings. The number of benzene rings is 1. The smallest absolute Gasteiger partial charge is 0.0421 e. The number of hydrogen-bond acceptors (Lipinski definition) is 2. The number of aromatic nitrogens is 1. The van der Waals surface area contributed by atoms with E-state index in [9.17, 15) is 0 Å². The van der Waals surface area contributed by atoms with Crippen LogP contribution in [0.1, 0.15) is 38.5 Å². The number of nitrogens with one attached hydrogen (secondary N) is 1. The second kappa shape index (κ2) is 6.05. The van der Waals surface area contributed by atoms with E-state index in [1.165, 1.54) is 55.0 Å². The zero-order chi connectivity index (χ0) is 12.9. The predicted molar refractivity (Wildman–Crippen MR) is 81.4 cm³/mol. The van der Waals surface area contributed by atoms with Gasteiger partial charge in [-0.1, -0.05) is 37.8 Å². The van der Waals surface area contributed by atoms with Gasteiger partial charge in [-0.05, 0) is 30.9 Å². The number of hydrogen-bond donors (Lipinski definition) is 1. The van der Waals surface area contributed by atoms with Crippen molar-refractivity contribution in [3.05, 3.63) is 36.7 Å². The largest absolute Gasteiger partial charge is 0.384 e. The number of fused-ring (bicyclic) bond motifs is 1. The first-order valence-corrected chi connectivity index (χ1v) is 7.50. The van der Waals surface area contributed by atoms with Crippen LogP contribution in [0.3, 0.4) is 0 Å². The third-order valence-corrected chi connectivity index (χ3v) is 4.24. The summed E-state index contributed by atoms with van der Waals surface area (Å²) in [5.41, 5.74) is 1.25. The SMILES string of the molecule is c1cc(NCC2CCCCCC2)c2ccncc2c1. The highest BCUT2D eigenvalue weighted by Gasteiger charge is 2.12. The molecule has 0 saturated heterocycles. The molecule has 3 rings (SSSR count). The average Bonchev–Trinajstić information content (AvgIpc) is 2.74. The van der Waals surface area contributed by atoms with Crippen molar-refractivity contribution in [2.24, 2.45) is 5.92 Å². The van der Waals surface area contributed by atoms with E-state index in [2.05, 4.69) is 34.6 Å². The lowest BCUT2D eigenvalue weighted by Crippen LogP contribution is -2.13.